The molecule has 0 aromatic heterocycles. The van der Waals surface area contributed by atoms with Gasteiger partial charge in [-0.1, -0.05) is 90.7 Å². The molecule has 34 heavy (non-hydrogen) atoms. The first-order valence-corrected chi connectivity index (χ1v) is 11.2. The Morgan fingerprint density at radius 1 is 0.824 bits per heavy atom. The Morgan fingerprint density at radius 2 is 1.35 bits per heavy atom. The van der Waals surface area contributed by atoms with Crippen LogP contribution < -0.4 is 5.32 Å². The van der Waals surface area contributed by atoms with E-state index in [0.717, 1.165) is 11.1 Å². The van der Waals surface area contributed by atoms with Crippen LogP contribution in [-0.2, 0) is 9.47 Å². The second kappa shape index (κ2) is 11.7. The standard InChI is InChI=1S/C29H29NO4/c1-29(2,3)34-28(32)30-25(22-14-7-4-8-15-22)20-13-21-26(23-16-9-5-10-17-23)33-27(31)24-18-11-6-12-19-24/h4-12,14-19,25-26H,20H2,1-3H3,(H,30,32). The minimum absolute atomic E-state index is 0.315. The van der Waals surface area contributed by atoms with Gasteiger partial charge in [-0.2, -0.15) is 0 Å². The summed E-state index contributed by atoms with van der Waals surface area (Å²) < 4.78 is 11.2. The van der Waals surface area contributed by atoms with Gasteiger partial charge in [0.05, 0.1) is 11.6 Å². The lowest BCUT2D eigenvalue weighted by Crippen LogP contribution is -2.34. The third-order valence-corrected chi connectivity index (χ3v) is 4.77. The van der Waals surface area contributed by atoms with E-state index in [1.165, 1.54) is 0 Å². The number of carbonyl (C=O) groups is 2. The van der Waals surface area contributed by atoms with E-state index in [1.54, 1.807) is 24.3 Å². The van der Waals surface area contributed by atoms with Crippen LogP contribution in [0.4, 0.5) is 4.79 Å². The molecule has 0 aliphatic rings. The molecule has 3 aromatic carbocycles. The third kappa shape index (κ3) is 7.83. The molecular formula is C29H29NO4. The Morgan fingerprint density at radius 3 is 1.91 bits per heavy atom. The molecule has 1 amide bonds. The molecular weight excluding hydrogens is 426 g/mol. The molecule has 3 aromatic rings. The van der Waals surface area contributed by atoms with Crippen LogP contribution in [0.2, 0.25) is 0 Å². The highest BCUT2D eigenvalue weighted by molar-refractivity contribution is 5.89. The summed E-state index contributed by atoms with van der Waals surface area (Å²) in [5.74, 6) is 5.73. The van der Waals surface area contributed by atoms with Gasteiger partial charge in [-0.25, -0.2) is 9.59 Å². The smallest absolute Gasteiger partial charge is 0.408 e. The SMILES string of the molecule is CC(C)(C)OC(=O)NC(CC#CC(OC(=O)c1ccccc1)c1ccccc1)c1ccccc1. The van der Waals surface area contributed by atoms with Crippen molar-refractivity contribution in [3.8, 4) is 11.8 Å². The summed E-state index contributed by atoms with van der Waals surface area (Å²) in [5.41, 5.74) is 1.52. The zero-order valence-corrected chi connectivity index (χ0v) is 19.7. The number of hydrogen-bond acceptors (Lipinski definition) is 4. The highest BCUT2D eigenvalue weighted by Gasteiger charge is 2.20. The Balaban J connectivity index is 1.80. The van der Waals surface area contributed by atoms with Gasteiger partial charge in [0.15, 0.2) is 6.10 Å². The number of esters is 1. The van der Waals surface area contributed by atoms with Crippen molar-refractivity contribution in [3.63, 3.8) is 0 Å². The van der Waals surface area contributed by atoms with Crippen LogP contribution in [-0.4, -0.2) is 17.7 Å². The average molecular weight is 456 g/mol. The van der Waals surface area contributed by atoms with Crippen molar-refractivity contribution < 1.29 is 19.1 Å². The van der Waals surface area contributed by atoms with Crippen molar-refractivity contribution in [1.29, 1.82) is 0 Å². The molecule has 0 bridgehead atoms. The van der Waals surface area contributed by atoms with E-state index in [9.17, 15) is 9.59 Å². The first kappa shape index (κ1) is 24.6. The maximum absolute atomic E-state index is 12.7. The van der Waals surface area contributed by atoms with Crippen LogP contribution in [0, 0.1) is 11.8 Å². The van der Waals surface area contributed by atoms with E-state index in [-0.39, 0.29) is 6.04 Å². The monoisotopic (exact) mass is 455 g/mol. The van der Waals surface area contributed by atoms with Gasteiger partial charge in [-0.3, -0.25) is 0 Å². The highest BCUT2D eigenvalue weighted by atomic mass is 16.6. The van der Waals surface area contributed by atoms with E-state index in [2.05, 4.69) is 17.2 Å². The lowest BCUT2D eigenvalue weighted by molar-refractivity contribution is 0.0407. The van der Waals surface area contributed by atoms with Crippen molar-refractivity contribution in [2.24, 2.45) is 0 Å². The van der Waals surface area contributed by atoms with Crippen molar-refractivity contribution >= 4 is 12.1 Å². The lowest BCUT2D eigenvalue weighted by atomic mass is 10.0. The largest absolute Gasteiger partial charge is 0.444 e. The maximum Gasteiger partial charge on any atom is 0.408 e. The van der Waals surface area contributed by atoms with Gasteiger partial charge >= 0.3 is 12.1 Å². The van der Waals surface area contributed by atoms with Crippen molar-refractivity contribution in [2.75, 3.05) is 0 Å². The molecule has 0 fully saturated rings. The van der Waals surface area contributed by atoms with Gasteiger partial charge in [0.1, 0.15) is 5.60 Å². The summed E-state index contributed by atoms with van der Waals surface area (Å²) >= 11 is 0. The third-order valence-electron chi connectivity index (χ3n) is 4.77. The van der Waals surface area contributed by atoms with Gasteiger partial charge in [0, 0.05) is 12.0 Å². The molecule has 1 N–H and O–H groups in total. The molecule has 5 heteroatoms. The number of amides is 1. The number of ether oxygens (including phenoxy) is 2. The highest BCUT2D eigenvalue weighted by Crippen LogP contribution is 2.21. The molecule has 0 radical (unpaired) electrons. The predicted molar refractivity (Wildman–Crippen MR) is 132 cm³/mol. The molecule has 3 rings (SSSR count). The van der Waals surface area contributed by atoms with E-state index in [4.69, 9.17) is 9.47 Å². The van der Waals surface area contributed by atoms with E-state index >= 15 is 0 Å². The Labute approximate surface area is 201 Å². The minimum atomic E-state index is -0.744. The van der Waals surface area contributed by atoms with Crippen molar-refractivity contribution in [2.45, 2.75) is 44.9 Å². The molecule has 0 aliphatic carbocycles. The fraction of sp³-hybridized carbons (Fsp3) is 0.241. The fourth-order valence-electron chi connectivity index (χ4n) is 3.20. The summed E-state index contributed by atoms with van der Waals surface area (Å²) in [4.78, 5) is 25.1. The normalized spacial score (nSPS) is 12.4. The molecule has 2 unspecified atom stereocenters. The fourth-order valence-corrected chi connectivity index (χ4v) is 3.20. The quantitative estimate of drug-likeness (QED) is 0.353. The first-order chi connectivity index (χ1) is 16.3. The van der Waals surface area contributed by atoms with Gasteiger partial charge in [0.2, 0.25) is 0 Å². The molecule has 0 heterocycles. The average Bonchev–Trinajstić information content (AvgIpc) is 2.83. The first-order valence-electron chi connectivity index (χ1n) is 11.2. The molecule has 174 valence electrons. The predicted octanol–water partition coefficient (Wildman–Crippen LogP) is 6.24. The molecule has 0 saturated heterocycles. The Hall–Kier alpha value is -4.04. The zero-order valence-electron chi connectivity index (χ0n) is 19.7. The van der Waals surface area contributed by atoms with Crippen molar-refractivity contribution in [1.82, 2.24) is 5.32 Å². The number of nitrogens with one attached hydrogen (secondary N) is 1. The Bertz CT molecular complexity index is 1130. The molecule has 2 atom stereocenters. The summed E-state index contributed by atoms with van der Waals surface area (Å²) in [6.45, 7) is 5.44. The summed E-state index contributed by atoms with van der Waals surface area (Å²) in [6, 6.07) is 27.4. The van der Waals surface area contributed by atoms with Crippen LogP contribution in [0.15, 0.2) is 91.0 Å². The second-order valence-electron chi connectivity index (χ2n) is 8.70. The topological polar surface area (TPSA) is 64.6 Å². The summed E-state index contributed by atoms with van der Waals surface area (Å²) in [5, 5.41) is 2.90. The molecule has 0 spiro atoms. The van der Waals surface area contributed by atoms with E-state index in [1.807, 2.05) is 87.5 Å². The van der Waals surface area contributed by atoms with Crippen LogP contribution in [0.5, 0.6) is 0 Å². The number of benzene rings is 3. The van der Waals surface area contributed by atoms with Crippen LogP contribution in [0.1, 0.15) is 60.8 Å². The summed E-state index contributed by atoms with van der Waals surface area (Å²) in [6.07, 6.45) is -0.944. The number of carbonyl (C=O) groups excluding carboxylic acids is 2. The van der Waals surface area contributed by atoms with Crippen LogP contribution in [0.25, 0.3) is 0 Å². The van der Waals surface area contributed by atoms with Crippen molar-refractivity contribution in [3.05, 3.63) is 108 Å². The number of hydrogen-bond donors (Lipinski definition) is 1. The molecule has 0 saturated carbocycles. The number of rotatable bonds is 6. The molecule has 0 aliphatic heterocycles. The van der Waals surface area contributed by atoms with E-state index in [0.29, 0.717) is 12.0 Å². The zero-order chi connectivity index (χ0) is 24.4. The summed E-state index contributed by atoms with van der Waals surface area (Å²) in [7, 11) is 0. The van der Waals surface area contributed by atoms with E-state index < -0.39 is 23.8 Å². The second-order valence-corrected chi connectivity index (χ2v) is 8.70. The van der Waals surface area contributed by atoms with Gasteiger partial charge in [0.25, 0.3) is 0 Å². The maximum atomic E-state index is 12.7. The van der Waals surface area contributed by atoms with Gasteiger partial charge < -0.3 is 14.8 Å². The van der Waals surface area contributed by atoms with Crippen LogP contribution in [0.3, 0.4) is 0 Å². The van der Waals surface area contributed by atoms with Gasteiger partial charge in [-0.05, 0) is 38.5 Å². The minimum Gasteiger partial charge on any atom is -0.444 e. The Kier molecular flexibility index (Phi) is 8.48. The van der Waals surface area contributed by atoms with Crippen LogP contribution >= 0.6 is 0 Å². The lowest BCUT2D eigenvalue weighted by Gasteiger charge is -2.23. The number of alkyl carbamates (subject to hydrolysis) is 1. The molecule has 5 nitrogen and oxygen atoms in total. The van der Waals surface area contributed by atoms with Gasteiger partial charge in [-0.15, -0.1) is 0 Å².